The normalized spacial score (nSPS) is 13.1. The molecule has 0 bridgehead atoms. The summed E-state index contributed by atoms with van der Waals surface area (Å²) in [6, 6.07) is 33.6. The molecule has 0 unspecified atom stereocenters. The average Bonchev–Trinajstić information content (AvgIpc) is 3.77. The van der Waals surface area contributed by atoms with Gasteiger partial charge in [0.05, 0.1) is 5.58 Å². The number of benzene rings is 3. The molecule has 42 heavy (non-hydrogen) atoms. The van der Waals surface area contributed by atoms with E-state index in [0.717, 1.165) is 39.6 Å². The summed E-state index contributed by atoms with van der Waals surface area (Å²) < 4.78 is 6.31. The third kappa shape index (κ3) is 6.34. The number of pyridine rings is 2. The number of para-hydroxylation sites is 1. The Morgan fingerprint density at radius 2 is 1.57 bits per heavy atom. The molecule has 6 aromatic rings. The van der Waals surface area contributed by atoms with Gasteiger partial charge in [0.1, 0.15) is 5.58 Å². The molecular weight excluding hydrogens is 709 g/mol. The first-order valence-electron chi connectivity index (χ1n) is 14.6. The van der Waals surface area contributed by atoms with Gasteiger partial charge in [-0.3, -0.25) is 0 Å². The van der Waals surface area contributed by atoms with Crippen LogP contribution in [-0.2, 0) is 20.1 Å². The van der Waals surface area contributed by atoms with Gasteiger partial charge in [0.25, 0.3) is 0 Å². The van der Waals surface area contributed by atoms with E-state index in [9.17, 15) is 0 Å². The molecule has 1 aliphatic carbocycles. The summed E-state index contributed by atoms with van der Waals surface area (Å²) in [6.07, 6.45) is 6.57. The van der Waals surface area contributed by atoms with Gasteiger partial charge in [0.15, 0.2) is 0 Å². The Bertz CT molecular complexity index is 1780. The standard InChI is InChI=1S/C23H22NOSi.C14H14N.Ir/c1-26(2,3)21-13-11-17(19-12-10-16(14-24-19)15-8-9-15)23-22(21)18-6-4-5-7-20(18)25-23;1-11(2)13-8-9-14(15-10-13)12-6-4-3-5-7-12;/h4-7,10,12-15H,8-9H2,1-3H3;3-6,8-11H,1-2H3;/q2*-1;. The molecular formula is C37H36IrN2OSi-2. The molecule has 1 saturated carbocycles. The molecule has 1 fully saturated rings. The van der Waals surface area contributed by atoms with Crippen LogP contribution < -0.4 is 5.19 Å². The zero-order valence-electron chi connectivity index (χ0n) is 24.9. The molecule has 0 saturated heterocycles. The van der Waals surface area contributed by atoms with Crippen molar-refractivity contribution in [3.63, 3.8) is 0 Å². The molecule has 1 aliphatic rings. The van der Waals surface area contributed by atoms with Crippen molar-refractivity contribution < 1.29 is 24.5 Å². The maximum atomic E-state index is 6.31. The fraction of sp³-hybridized carbons (Fsp3) is 0.243. The fourth-order valence-corrected chi connectivity index (χ4v) is 6.73. The minimum atomic E-state index is -1.53. The van der Waals surface area contributed by atoms with Crippen molar-refractivity contribution in [2.75, 3.05) is 0 Å². The van der Waals surface area contributed by atoms with Gasteiger partial charge in [-0.25, -0.2) is 0 Å². The Labute approximate surface area is 263 Å². The summed E-state index contributed by atoms with van der Waals surface area (Å²) in [5.41, 5.74) is 8.45. The van der Waals surface area contributed by atoms with E-state index in [4.69, 9.17) is 9.40 Å². The van der Waals surface area contributed by atoms with Gasteiger partial charge >= 0.3 is 0 Å². The Kier molecular flexibility index (Phi) is 8.93. The van der Waals surface area contributed by atoms with Gasteiger partial charge in [-0.2, -0.15) is 0 Å². The first kappa shape index (κ1) is 30.1. The number of fused-ring (bicyclic) bond motifs is 3. The zero-order chi connectivity index (χ0) is 28.6. The molecule has 7 rings (SSSR count). The monoisotopic (exact) mass is 745 g/mol. The van der Waals surface area contributed by atoms with Crippen molar-refractivity contribution in [2.24, 2.45) is 0 Å². The van der Waals surface area contributed by atoms with Gasteiger partial charge in [-0.05, 0) is 53.3 Å². The Hall–Kier alpha value is -3.37. The van der Waals surface area contributed by atoms with Crippen LogP contribution in [0.3, 0.4) is 0 Å². The van der Waals surface area contributed by atoms with E-state index >= 15 is 0 Å². The fourth-order valence-electron chi connectivity index (χ4n) is 5.22. The van der Waals surface area contributed by atoms with Crippen molar-refractivity contribution in [3.05, 3.63) is 115 Å². The van der Waals surface area contributed by atoms with E-state index in [0.29, 0.717) is 5.92 Å². The summed E-state index contributed by atoms with van der Waals surface area (Å²) in [4.78, 5) is 9.18. The minimum absolute atomic E-state index is 0. The smallest absolute Gasteiger partial charge is 0.120 e. The van der Waals surface area contributed by atoms with Crippen LogP contribution in [-0.4, -0.2) is 18.0 Å². The van der Waals surface area contributed by atoms with Crippen LogP contribution in [0.1, 0.15) is 49.7 Å². The third-order valence-electron chi connectivity index (χ3n) is 7.79. The molecule has 3 heterocycles. The van der Waals surface area contributed by atoms with Gasteiger partial charge in [0.2, 0.25) is 0 Å². The number of rotatable bonds is 5. The van der Waals surface area contributed by atoms with Crippen LogP contribution in [0.25, 0.3) is 44.5 Å². The van der Waals surface area contributed by atoms with Crippen molar-refractivity contribution in [1.82, 2.24) is 9.97 Å². The maximum absolute atomic E-state index is 6.31. The van der Waals surface area contributed by atoms with Crippen molar-refractivity contribution >= 4 is 35.2 Å². The molecule has 0 N–H and O–H groups in total. The summed E-state index contributed by atoms with van der Waals surface area (Å²) in [5.74, 6) is 1.26. The Morgan fingerprint density at radius 3 is 2.19 bits per heavy atom. The SMILES string of the molecule is CC(C)c1ccc(-c2[c-]cccc2)nc1.C[Si](C)(C)c1c[c-]c(-c2ccc(C3CC3)cn2)c2oc3ccccc3c12.[Ir]. The third-order valence-corrected chi connectivity index (χ3v) is 9.80. The molecule has 0 spiro atoms. The van der Waals surface area contributed by atoms with Crippen LogP contribution in [0.5, 0.6) is 0 Å². The van der Waals surface area contributed by atoms with E-state index in [1.807, 2.05) is 42.7 Å². The average molecular weight is 745 g/mol. The molecule has 3 nitrogen and oxygen atoms in total. The van der Waals surface area contributed by atoms with Crippen LogP contribution in [0.15, 0.2) is 95.7 Å². The number of aromatic nitrogens is 2. The second-order valence-corrected chi connectivity index (χ2v) is 17.3. The van der Waals surface area contributed by atoms with Crippen LogP contribution >= 0.6 is 0 Å². The molecule has 0 amide bonds. The van der Waals surface area contributed by atoms with Gasteiger partial charge in [-0.1, -0.05) is 86.9 Å². The molecule has 3 aromatic heterocycles. The Morgan fingerprint density at radius 1 is 0.833 bits per heavy atom. The summed E-state index contributed by atoms with van der Waals surface area (Å²) >= 11 is 0. The molecule has 0 atom stereocenters. The maximum Gasteiger partial charge on any atom is 0.120 e. The van der Waals surface area contributed by atoms with Gasteiger partial charge < -0.3 is 14.4 Å². The van der Waals surface area contributed by atoms with E-state index in [1.54, 1.807) is 0 Å². The van der Waals surface area contributed by atoms with Crippen molar-refractivity contribution in [1.29, 1.82) is 0 Å². The second-order valence-electron chi connectivity index (χ2n) is 12.3. The summed E-state index contributed by atoms with van der Waals surface area (Å²) in [7, 11) is -1.53. The molecule has 1 radical (unpaired) electrons. The van der Waals surface area contributed by atoms with Crippen LogP contribution in [0.4, 0.5) is 0 Å². The molecule has 5 heteroatoms. The van der Waals surface area contributed by atoms with Crippen LogP contribution in [0, 0.1) is 12.1 Å². The number of nitrogens with zero attached hydrogens (tertiary/aromatic N) is 2. The van der Waals surface area contributed by atoms with E-state index in [1.165, 1.54) is 39.9 Å². The predicted octanol–water partition coefficient (Wildman–Crippen LogP) is 9.54. The van der Waals surface area contributed by atoms with Crippen molar-refractivity contribution in [3.8, 4) is 22.5 Å². The predicted molar refractivity (Wildman–Crippen MR) is 173 cm³/mol. The number of hydrogen-bond donors (Lipinski definition) is 0. The number of furan rings is 1. The topological polar surface area (TPSA) is 38.9 Å². The van der Waals surface area contributed by atoms with E-state index in [-0.39, 0.29) is 20.1 Å². The van der Waals surface area contributed by atoms with E-state index in [2.05, 4.69) is 99.1 Å². The van der Waals surface area contributed by atoms with E-state index < -0.39 is 8.07 Å². The van der Waals surface area contributed by atoms with Crippen molar-refractivity contribution in [2.45, 2.75) is 58.2 Å². The summed E-state index contributed by atoms with van der Waals surface area (Å²) in [5, 5.41) is 3.85. The Balaban J connectivity index is 0.000000189. The molecule has 0 aliphatic heterocycles. The number of hydrogen-bond acceptors (Lipinski definition) is 3. The van der Waals surface area contributed by atoms with Gasteiger partial charge in [-0.15, -0.1) is 53.2 Å². The first-order chi connectivity index (χ1) is 19.8. The molecule has 3 aromatic carbocycles. The van der Waals surface area contributed by atoms with Crippen LogP contribution in [0.2, 0.25) is 19.6 Å². The summed E-state index contributed by atoms with van der Waals surface area (Å²) in [6.45, 7) is 11.5. The first-order valence-corrected chi connectivity index (χ1v) is 18.1. The quantitative estimate of drug-likeness (QED) is 0.130. The zero-order valence-corrected chi connectivity index (χ0v) is 28.3. The largest absolute Gasteiger partial charge is 0.501 e. The van der Waals surface area contributed by atoms with Gasteiger partial charge in [0, 0.05) is 46.0 Å². The molecule has 215 valence electrons. The second kappa shape index (κ2) is 12.5. The minimum Gasteiger partial charge on any atom is -0.501 e.